The van der Waals surface area contributed by atoms with E-state index in [0.29, 0.717) is 18.8 Å². The molecule has 0 spiro atoms. The smallest absolute Gasteiger partial charge is 0.355 e. The molecule has 0 atom stereocenters. The lowest BCUT2D eigenvalue weighted by atomic mass is 9.90. The Balaban J connectivity index is 1.89. The molecule has 0 fully saturated rings. The van der Waals surface area contributed by atoms with E-state index in [1.807, 2.05) is 13.1 Å². The number of ether oxygens (including phenoxy) is 1. The summed E-state index contributed by atoms with van der Waals surface area (Å²) in [6, 6.07) is 8.42. The van der Waals surface area contributed by atoms with Gasteiger partial charge in [0.05, 0.1) is 12.3 Å². The lowest BCUT2D eigenvalue weighted by Crippen LogP contribution is -2.16. The maximum atomic E-state index is 12.8. The summed E-state index contributed by atoms with van der Waals surface area (Å²) in [5.74, 6) is -0.258. The number of rotatable bonds is 4. The van der Waals surface area contributed by atoms with E-state index in [0.717, 1.165) is 46.5 Å². The minimum Gasteiger partial charge on any atom is -0.461 e. The van der Waals surface area contributed by atoms with Crippen LogP contribution in [-0.4, -0.2) is 27.1 Å². The van der Waals surface area contributed by atoms with Gasteiger partial charge in [-0.25, -0.2) is 14.8 Å². The summed E-state index contributed by atoms with van der Waals surface area (Å²) in [5, 5.41) is 0. The van der Waals surface area contributed by atoms with Gasteiger partial charge in [0.25, 0.3) is 0 Å². The van der Waals surface area contributed by atoms with Crippen molar-refractivity contribution < 1.29 is 9.53 Å². The van der Waals surface area contributed by atoms with E-state index < -0.39 is 0 Å². The number of nitrogens with zero attached hydrogens (tertiary/aromatic N) is 3. The number of hydrogen-bond acceptors (Lipinski definition) is 4. The molecular formula is C22H23N3O2. The van der Waals surface area contributed by atoms with Crippen molar-refractivity contribution >= 4 is 5.97 Å². The molecule has 2 aromatic heterocycles. The molecule has 0 saturated carbocycles. The quantitative estimate of drug-likeness (QED) is 0.662. The van der Waals surface area contributed by atoms with E-state index in [1.165, 1.54) is 5.56 Å². The molecule has 2 heterocycles. The van der Waals surface area contributed by atoms with Gasteiger partial charge in [-0.3, -0.25) is 0 Å². The number of aromatic nitrogens is 3. The summed E-state index contributed by atoms with van der Waals surface area (Å²) in [6.45, 7) is 6.97. The van der Waals surface area contributed by atoms with Crippen LogP contribution < -0.4 is 0 Å². The second kappa shape index (κ2) is 6.99. The van der Waals surface area contributed by atoms with Crippen LogP contribution in [0.2, 0.25) is 0 Å². The number of hydrogen-bond donors (Lipinski definition) is 0. The Labute approximate surface area is 159 Å². The molecule has 0 amide bonds. The van der Waals surface area contributed by atoms with Crippen LogP contribution in [0.1, 0.15) is 45.4 Å². The van der Waals surface area contributed by atoms with Crippen LogP contribution in [0.4, 0.5) is 0 Å². The molecule has 0 aliphatic heterocycles. The SMILES string of the molecule is CCOC(=O)c1c2c(c(C)n1Cc1ccc(C)cc1)-c1ncncc1CC2. The Hall–Kier alpha value is -2.95. The van der Waals surface area contributed by atoms with Gasteiger partial charge in [0.15, 0.2) is 0 Å². The molecule has 27 heavy (non-hydrogen) atoms. The van der Waals surface area contributed by atoms with Gasteiger partial charge in [0.1, 0.15) is 12.0 Å². The molecule has 3 aromatic rings. The maximum Gasteiger partial charge on any atom is 0.355 e. The van der Waals surface area contributed by atoms with Gasteiger partial charge in [-0.1, -0.05) is 29.8 Å². The van der Waals surface area contributed by atoms with Crippen molar-refractivity contribution in [2.75, 3.05) is 6.61 Å². The van der Waals surface area contributed by atoms with Gasteiger partial charge in [0, 0.05) is 24.0 Å². The first-order chi connectivity index (χ1) is 13.1. The van der Waals surface area contributed by atoms with E-state index in [-0.39, 0.29) is 5.97 Å². The first-order valence-corrected chi connectivity index (χ1v) is 9.34. The van der Waals surface area contributed by atoms with Crippen molar-refractivity contribution in [3.05, 3.63) is 70.4 Å². The fraction of sp³-hybridized carbons (Fsp3) is 0.318. The Morgan fingerprint density at radius 3 is 2.70 bits per heavy atom. The van der Waals surface area contributed by atoms with Crippen molar-refractivity contribution in [1.29, 1.82) is 0 Å². The molecule has 0 N–H and O–H groups in total. The van der Waals surface area contributed by atoms with Crippen LogP contribution in [0.15, 0.2) is 36.8 Å². The molecule has 1 aliphatic rings. The van der Waals surface area contributed by atoms with E-state index in [1.54, 1.807) is 6.33 Å². The summed E-state index contributed by atoms with van der Waals surface area (Å²) < 4.78 is 7.49. The van der Waals surface area contributed by atoms with Crippen LogP contribution in [0.3, 0.4) is 0 Å². The third-order valence-electron chi connectivity index (χ3n) is 5.22. The van der Waals surface area contributed by atoms with E-state index in [2.05, 4.69) is 52.6 Å². The molecule has 0 unspecified atom stereocenters. The molecular weight excluding hydrogens is 338 g/mol. The predicted octanol–water partition coefficient (Wildman–Crippen LogP) is 3.89. The number of benzene rings is 1. The zero-order valence-electron chi connectivity index (χ0n) is 16.0. The minimum absolute atomic E-state index is 0.258. The number of carbonyl (C=O) groups excluding carboxylic acids is 1. The number of fused-ring (bicyclic) bond motifs is 3. The molecule has 5 nitrogen and oxygen atoms in total. The highest BCUT2D eigenvalue weighted by molar-refractivity contribution is 5.94. The fourth-order valence-corrected chi connectivity index (χ4v) is 3.89. The molecule has 0 saturated heterocycles. The number of carbonyl (C=O) groups is 1. The zero-order chi connectivity index (χ0) is 19.0. The summed E-state index contributed by atoms with van der Waals surface area (Å²) >= 11 is 0. The molecule has 138 valence electrons. The third kappa shape index (κ3) is 3.03. The highest BCUT2D eigenvalue weighted by Crippen LogP contribution is 2.38. The molecule has 4 rings (SSSR count). The van der Waals surface area contributed by atoms with Crippen LogP contribution >= 0.6 is 0 Å². The second-order valence-corrected chi connectivity index (χ2v) is 6.98. The standard InChI is InChI=1S/C22H23N3O2/c1-4-27-22(26)21-18-10-9-17-11-23-13-24-20(17)19(18)15(3)25(21)12-16-7-5-14(2)6-8-16/h5-8,11,13H,4,9-10,12H2,1-3H3. The Morgan fingerprint density at radius 1 is 1.19 bits per heavy atom. The van der Waals surface area contributed by atoms with Crippen molar-refractivity contribution in [3.63, 3.8) is 0 Å². The van der Waals surface area contributed by atoms with Crippen molar-refractivity contribution in [3.8, 4) is 11.3 Å². The van der Waals surface area contributed by atoms with Crippen molar-refractivity contribution in [2.24, 2.45) is 0 Å². The highest BCUT2D eigenvalue weighted by atomic mass is 16.5. The average Bonchev–Trinajstić information content (AvgIpc) is 2.96. The van der Waals surface area contributed by atoms with Gasteiger partial charge < -0.3 is 9.30 Å². The Bertz CT molecular complexity index is 1000. The second-order valence-electron chi connectivity index (χ2n) is 6.98. The normalized spacial score (nSPS) is 12.4. The van der Waals surface area contributed by atoms with Crippen LogP contribution in [0.5, 0.6) is 0 Å². The van der Waals surface area contributed by atoms with Gasteiger partial charge in [-0.15, -0.1) is 0 Å². The summed E-state index contributed by atoms with van der Waals surface area (Å²) in [7, 11) is 0. The summed E-state index contributed by atoms with van der Waals surface area (Å²) in [6.07, 6.45) is 5.09. The van der Waals surface area contributed by atoms with E-state index >= 15 is 0 Å². The predicted molar refractivity (Wildman–Crippen MR) is 104 cm³/mol. The first-order valence-electron chi connectivity index (χ1n) is 9.34. The van der Waals surface area contributed by atoms with Crippen LogP contribution in [-0.2, 0) is 24.1 Å². The third-order valence-corrected chi connectivity index (χ3v) is 5.22. The molecule has 0 bridgehead atoms. The Morgan fingerprint density at radius 2 is 1.96 bits per heavy atom. The largest absolute Gasteiger partial charge is 0.461 e. The molecule has 5 heteroatoms. The van der Waals surface area contributed by atoms with Crippen LogP contribution in [0, 0.1) is 13.8 Å². The average molecular weight is 361 g/mol. The molecule has 1 aromatic carbocycles. The Kier molecular flexibility index (Phi) is 4.52. The monoisotopic (exact) mass is 361 g/mol. The lowest BCUT2D eigenvalue weighted by molar-refractivity contribution is 0.0512. The summed E-state index contributed by atoms with van der Waals surface area (Å²) in [5.41, 5.74) is 8.27. The van der Waals surface area contributed by atoms with E-state index in [4.69, 9.17) is 4.74 Å². The molecule has 0 radical (unpaired) electrons. The fourth-order valence-electron chi connectivity index (χ4n) is 3.89. The number of aryl methyl sites for hydroxylation is 2. The maximum absolute atomic E-state index is 12.8. The van der Waals surface area contributed by atoms with Crippen molar-refractivity contribution in [1.82, 2.24) is 14.5 Å². The van der Waals surface area contributed by atoms with Crippen molar-refractivity contribution in [2.45, 2.75) is 40.2 Å². The molecule has 1 aliphatic carbocycles. The van der Waals surface area contributed by atoms with Gasteiger partial charge in [0.2, 0.25) is 0 Å². The lowest BCUT2D eigenvalue weighted by Gasteiger charge is -2.16. The van der Waals surface area contributed by atoms with Crippen LogP contribution in [0.25, 0.3) is 11.3 Å². The zero-order valence-corrected chi connectivity index (χ0v) is 16.0. The topological polar surface area (TPSA) is 57.0 Å². The first kappa shape index (κ1) is 17.5. The highest BCUT2D eigenvalue weighted by Gasteiger charge is 2.31. The van der Waals surface area contributed by atoms with E-state index in [9.17, 15) is 4.79 Å². The van der Waals surface area contributed by atoms with Gasteiger partial charge >= 0.3 is 5.97 Å². The van der Waals surface area contributed by atoms with Gasteiger partial charge in [-0.05, 0) is 50.3 Å². The minimum atomic E-state index is -0.258. The number of esters is 1. The summed E-state index contributed by atoms with van der Waals surface area (Å²) in [4.78, 5) is 21.5. The van der Waals surface area contributed by atoms with Gasteiger partial charge in [-0.2, -0.15) is 0 Å².